The average molecular weight is 387 g/mol. The summed E-state index contributed by atoms with van der Waals surface area (Å²) in [6.07, 6.45) is 5.25. The third-order valence-electron chi connectivity index (χ3n) is 3.89. The summed E-state index contributed by atoms with van der Waals surface area (Å²) in [6, 6.07) is 4.50. The minimum absolute atomic E-state index is 0.197. The number of hydrogen-bond acceptors (Lipinski definition) is 7. The number of aromatic nitrogens is 2. The molecule has 2 rings (SSSR count). The van der Waals surface area contributed by atoms with Gasteiger partial charge in [-0.1, -0.05) is 5.92 Å². The van der Waals surface area contributed by atoms with Crippen LogP contribution in [0.4, 0.5) is 11.5 Å². The molecule has 1 amide bonds. The second kappa shape index (κ2) is 8.22. The van der Waals surface area contributed by atoms with Gasteiger partial charge in [-0.25, -0.2) is 9.36 Å². The lowest BCUT2D eigenvalue weighted by atomic mass is 10.2. The summed E-state index contributed by atoms with van der Waals surface area (Å²) < 4.78 is 12.1. The first-order valence-electron chi connectivity index (χ1n) is 8.06. The molecule has 0 aliphatic heterocycles. The molecule has 0 aliphatic rings. The Morgan fingerprint density at radius 2 is 1.89 bits per heavy atom. The third-order valence-corrected chi connectivity index (χ3v) is 3.89. The Kier molecular flexibility index (Phi) is 6.00. The first kappa shape index (κ1) is 20.4. The molecule has 0 bridgehead atoms. The highest BCUT2D eigenvalue weighted by atomic mass is 16.5. The van der Waals surface area contributed by atoms with Crippen LogP contribution >= 0.6 is 0 Å². The number of nitrogen functional groups attached to an aromatic ring is 1. The Morgan fingerprint density at radius 3 is 2.43 bits per heavy atom. The van der Waals surface area contributed by atoms with Gasteiger partial charge >= 0.3 is 5.69 Å². The van der Waals surface area contributed by atoms with Crippen molar-refractivity contribution in [3.63, 3.8) is 0 Å². The molecule has 10 heteroatoms. The minimum Gasteiger partial charge on any atom is -0.493 e. The highest BCUT2D eigenvalue weighted by molar-refractivity contribution is 6.05. The Labute approximate surface area is 161 Å². The van der Waals surface area contributed by atoms with Crippen molar-refractivity contribution in [2.24, 2.45) is 0 Å². The van der Waals surface area contributed by atoms with E-state index in [1.807, 2.05) is 0 Å². The van der Waals surface area contributed by atoms with E-state index in [-0.39, 0.29) is 23.6 Å². The molecule has 1 heterocycles. The molecule has 1 aromatic carbocycles. The molecule has 0 unspecified atom stereocenters. The van der Waals surface area contributed by atoms with Gasteiger partial charge in [0, 0.05) is 19.7 Å². The third kappa shape index (κ3) is 3.64. The highest BCUT2D eigenvalue weighted by Gasteiger charge is 2.21. The van der Waals surface area contributed by atoms with Crippen molar-refractivity contribution in [2.45, 2.75) is 6.54 Å². The standard InChI is InChI=1S/C18H21N5O5/c1-6-9-22-17(25)14(15(19)23(18(22)26)21(2)3)20-16(24)11-7-8-12(27-4)13(10-11)28-5/h1,7-8,10H,9,19H2,2-5H3,(H,20,24). The van der Waals surface area contributed by atoms with E-state index >= 15 is 0 Å². The van der Waals surface area contributed by atoms with Gasteiger partial charge in [-0.05, 0) is 18.2 Å². The zero-order valence-corrected chi connectivity index (χ0v) is 16.0. The number of terminal acetylenes is 1. The van der Waals surface area contributed by atoms with Crippen molar-refractivity contribution >= 4 is 17.4 Å². The topological polar surface area (TPSA) is 121 Å². The van der Waals surface area contributed by atoms with Gasteiger partial charge in [-0.3, -0.25) is 9.59 Å². The van der Waals surface area contributed by atoms with Gasteiger partial charge in [-0.2, -0.15) is 4.68 Å². The van der Waals surface area contributed by atoms with Gasteiger partial charge in [0.15, 0.2) is 23.0 Å². The van der Waals surface area contributed by atoms with E-state index in [4.69, 9.17) is 21.6 Å². The number of carbonyl (C=O) groups excluding carboxylic acids is 1. The van der Waals surface area contributed by atoms with E-state index in [9.17, 15) is 14.4 Å². The van der Waals surface area contributed by atoms with Crippen LogP contribution in [0.5, 0.6) is 11.5 Å². The van der Waals surface area contributed by atoms with Crippen LogP contribution in [-0.4, -0.2) is 43.5 Å². The smallest absolute Gasteiger partial charge is 0.352 e. The number of nitrogens with zero attached hydrogens (tertiary/aromatic N) is 3. The van der Waals surface area contributed by atoms with Crippen molar-refractivity contribution in [3.8, 4) is 23.8 Å². The molecular weight excluding hydrogens is 366 g/mol. The molecule has 2 aromatic rings. The Hall–Kier alpha value is -3.87. The molecule has 28 heavy (non-hydrogen) atoms. The fourth-order valence-electron chi connectivity index (χ4n) is 2.55. The predicted octanol–water partition coefficient (Wildman–Crippen LogP) is -0.307. The summed E-state index contributed by atoms with van der Waals surface area (Å²) in [6.45, 7) is -0.273. The van der Waals surface area contributed by atoms with E-state index < -0.39 is 17.2 Å². The molecule has 148 valence electrons. The van der Waals surface area contributed by atoms with Gasteiger partial charge in [-0.15, -0.1) is 6.42 Å². The zero-order valence-electron chi connectivity index (χ0n) is 16.0. The van der Waals surface area contributed by atoms with Gasteiger partial charge in [0.05, 0.1) is 20.8 Å². The van der Waals surface area contributed by atoms with E-state index in [1.54, 1.807) is 20.2 Å². The number of nitrogens with two attached hydrogens (primary N) is 1. The van der Waals surface area contributed by atoms with E-state index in [0.29, 0.717) is 11.5 Å². The van der Waals surface area contributed by atoms with E-state index in [2.05, 4.69) is 11.2 Å². The fraction of sp³-hybridized carbons (Fsp3) is 0.278. The monoisotopic (exact) mass is 387 g/mol. The zero-order chi connectivity index (χ0) is 21.0. The van der Waals surface area contributed by atoms with Crippen LogP contribution in [0, 0.1) is 12.3 Å². The lowest BCUT2D eigenvalue weighted by Gasteiger charge is -2.21. The average Bonchev–Trinajstić information content (AvgIpc) is 2.67. The SMILES string of the molecule is C#CCn1c(=O)c(NC(=O)c2ccc(OC)c(OC)c2)c(N)n(N(C)C)c1=O. The van der Waals surface area contributed by atoms with Gasteiger partial charge in [0.2, 0.25) is 0 Å². The molecule has 10 nitrogen and oxygen atoms in total. The lowest BCUT2D eigenvalue weighted by molar-refractivity contribution is 0.102. The second-order valence-corrected chi connectivity index (χ2v) is 5.82. The normalized spacial score (nSPS) is 10.1. The first-order valence-corrected chi connectivity index (χ1v) is 8.06. The number of carbonyl (C=O) groups is 1. The van der Waals surface area contributed by atoms with Crippen LogP contribution in [0.15, 0.2) is 27.8 Å². The molecule has 1 aromatic heterocycles. The largest absolute Gasteiger partial charge is 0.493 e. The molecule has 0 saturated heterocycles. The first-order chi connectivity index (χ1) is 13.3. The number of anilines is 2. The Morgan fingerprint density at radius 1 is 1.25 bits per heavy atom. The van der Waals surface area contributed by atoms with Gasteiger partial charge < -0.3 is 25.5 Å². The van der Waals surface area contributed by atoms with Crippen LogP contribution in [0.3, 0.4) is 0 Å². The summed E-state index contributed by atoms with van der Waals surface area (Å²) in [7, 11) is 6.02. The van der Waals surface area contributed by atoms with Crippen LogP contribution in [0.2, 0.25) is 0 Å². The fourth-order valence-corrected chi connectivity index (χ4v) is 2.55. The van der Waals surface area contributed by atoms with Crippen molar-refractivity contribution < 1.29 is 14.3 Å². The van der Waals surface area contributed by atoms with Crippen molar-refractivity contribution in [1.82, 2.24) is 9.24 Å². The van der Waals surface area contributed by atoms with E-state index in [1.165, 1.54) is 31.4 Å². The van der Waals surface area contributed by atoms with Gasteiger partial charge in [0.25, 0.3) is 11.5 Å². The number of nitrogens with one attached hydrogen (secondary N) is 1. The number of amides is 1. The molecule has 0 aliphatic carbocycles. The summed E-state index contributed by atoms with van der Waals surface area (Å²) in [5.74, 6) is 2.17. The molecule has 0 fully saturated rings. The van der Waals surface area contributed by atoms with Crippen molar-refractivity contribution in [3.05, 3.63) is 44.6 Å². The Bertz CT molecular complexity index is 1060. The second-order valence-electron chi connectivity index (χ2n) is 5.82. The molecule has 3 N–H and O–H groups in total. The van der Waals surface area contributed by atoms with Crippen molar-refractivity contribution in [2.75, 3.05) is 44.4 Å². The lowest BCUT2D eigenvalue weighted by Crippen LogP contribution is -2.48. The number of ether oxygens (including phenoxy) is 2. The molecule has 0 spiro atoms. The van der Waals surface area contributed by atoms with Crippen LogP contribution < -0.4 is 36.8 Å². The highest BCUT2D eigenvalue weighted by Crippen LogP contribution is 2.28. The Balaban J connectivity index is 2.57. The van der Waals surface area contributed by atoms with Crippen LogP contribution in [0.1, 0.15) is 10.4 Å². The molecular formula is C18H21N5O5. The maximum Gasteiger partial charge on any atom is 0.352 e. The maximum atomic E-state index is 12.7. The number of hydrogen-bond donors (Lipinski definition) is 2. The molecule has 0 saturated carbocycles. The number of methoxy groups -OCH3 is 2. The molecule has 0 atom stereocenters. The molecule has 0 radical (unpaired) electrons. The van der Waals surface area contributed by atoms with Gasteiger partial charge in [0.1, 0.15) is 0 Å². The van der Waals surface area contributed by atoms with Crippen molar-refractivity contribution in [1.29, 1.82) is 0 Å². The summed E-state index contributed by atoms with van der Waals surface area (Å²) >= 11 is 0. The number of benzene rings is 1. The number of rotatable bonds is 6. The summed E-state index contributed by atoms with van der Waals surface area (Å²) in [5.41, 5.74) is 4.40. The minimum atomic E-state index is -0.799. The maximum absolute atomic E-state index is 12.7. The predicted molar refractivity (Wildman–Crippen MR) is 106 cm³/mol. The summed E-state index contributed by atoms with van der Waals surface area (Å²) in [4.78, 5) is 37.8. The van der Waals surface area contributed by atoms with E-state index in [0.717, 1.165) is 9.24 Å². The van der Waals surface area contributed by atoms with Crippen LogP contribution in [-0.2, 0) is 6.54 Å². The quantitative estimate of drug-likeness (QED) is 0.653. The summed E-state index contributed by atoms with van der Waals surface area (Å²) in [5, 5.41) is 3.83. The van der Waals surface area contributed by atoms with Crippen LogP contribution in [0.25, 0.3) is 0 Å².